The van der Waals surface area contributed by atoms with Crippen LogP contribution >= 0.6 is 0 Å². The van der Waals surface area contributed by atoms with Crippen molar-refractivity contribution in [2.45, 2.75) is 45.6 Å². The Hall–Kier alpha value is -1.10. The van der Waals surface area contributed by atoms with Crippen molar-refractivity contribution in [1.82, 2.24) is 4.90 Å². The molecular weight excluding hydrogens is 232 g/mol. The van der Waals surface area contributed by atoms with Gasteiger partial charge in [0, 0.05) is 13.1 Å². The predicted molar refractivity (Wildman–Crippen MR) is 68.8 cm³/mol. The zero-order valence-electron chi connectivity index (χ0n) is 11.6. The topological polar surface area (TPSA) is 72.6 Å². The van der Waals surface area contributed by atoms with Crippen LogP contribution in [-0.4, -0.2) is 43.0 Å². The molecule has 18 heavy (non-hydrogen) atoms. The largest absolute Gasteiger partial charge is 0.467 e. The van der Waals surface area contributed by atoms with Crippen LogP contribution in [0.2, 0.25) is 0 Å². The number of ether oxygens (including phenoxy) is 1. The van der Waals surface area contributed by atoms with Crippen molar-refractivity contribution in [2.24, 2.45) is 11.1 Å². The van der Waals surface area contributed by atoms with Crippen molar-refractivity contribution < 1.29 is 14.3 Å². The van der Waals surface area contributed by atoms with Crippen molar-refractivity contribution in [2.75, 3.05) is 20.2 Å². The van der Waals surface area contributed by atoms with Crippen LogP contribution in [0.3, 0.4) is 0 Å². The molecule has 0 bridgehead atoms. The van der Waals surface area contributed by atoms with Crippen molar-refractivity contribution in [1.29, 1.82) is 0 Å². The van der Waals surface area contributed by atoms with Crippen LogP contribution in [0.5, 0.6) is 0 Å². The first kappa shape index (κ1) is 15.0. The lowest BCUT2D eigenvalue weighted by atomic mass is 9.80. The van der Waals surface area contributed by atoms with Crippen LogP contribution in [0.4, 0.5) is 0 Å². The molecule has 1 fully saturated rings. The minimum Gasteiger partial charge on any atom is -0.467 e. The fourth-order valence-electron chi connectivity index (χ4n) is 2.62. The van der Waals surface area contributed by atoms with Gasteiger partial charge in [0.05, 0.1) is 12.5 Å². The van der Waals surface area contributed by atoms with Crippen LogP contribution in [-0.2, 0) is 14.3 Å². The highest BCUT2D eigenvalue weighted by atomic mass is 16.5. The number of hydrogen-bond donors (Lipinski definition) is 1. The molecular formula is C13H24N2O3. The Bertz CT molecular complexity index is 305. The summed E-state index contributed by atoms with van der Waals surface area (Å²) in [4.78, 5) is 26.0. The van der Waals surface area contributed by atoms with E-state index in [0.717, 1.165) is 6.42 Å². The van der Waals surface area contributed by atoms with Gasteiger partial charge < -0.3 is 15.4 Å². The van der Waals surface area contributed by atoms with Gasteiger partial charge in [-0.3, -0.25) is 4.79 Å². The summed E-state index contributed by atoms with van der Waals surface area (Å²) >= 11 is 0. The molecule has 1 saturated heterocycles. The Morgan fingerprint density at radius 3 is 2.44 bits per heavy atom. The number of esters is 1. The van der Waals surface area contributed by atoms with Crippen molar-refractivity contribution in [3.63, 3.8) is 0 Å². The monoisotopic (exact) mass is 256 g/mol. The Balaban J connectivity index is 2.91. The Morgan fingerprint density at radius 2 is 2.00 bits per heavy atom. The van der Waals surface area contributed by atoms with Crippen LogP contribution in [0, 0.1) is 5.41 Å². The van der Waals surface area contributed by atoms with Gasteiger partial charge >= 0.3 is 5.97 Å². The van der Waals surface area contributed by atoms with Gasteiger partial charge in [-0.1, -0.05) is 13.8 Å². The fourth-order valence-corrected chi connectivity index (χ4v) is 2.62. The molecule has 0 spiro atoms. The maximum atomic E-state index is 12.6. The molecule has 0 aromatic heterocycles. The molecule has 104 valence electrons. The van der Waals surface area contributed by atoms with Crippen molar-refractivity contribution in [3.8, 4) is 0 Å². The Morgan fingerprint density at radius 1 is 1.39 bits per heavy atom. The molecule has 5 nitrogen and oxygen atoms in total. The summed E-state index contributed by atoms with van der Waals surface area (Å²) < 4.78 is 4.76. The quantitative estimate of drug-likeness (QED) is 0.742. The summed E-state index contributed by atoms with van der Waals surface area (Å²) in [6, 6.07) is -0.425. The third kappa shape index (κ3) is 2.51. The molecule has 1 unspecified atom stereocenters. The predicted octanol–water partition coefficient (Wildman–Crippen LogP) is 0.915. The van der Waals surface area contributed by atoms with Gasteiger partial charge in [0.1, 0.15) is 6.04 Å². The second kappa shape index (κ2) is 6.18. The van der Waals surface area contributed by atoms with Gasteiger partial charge in [0.25, 0.3) is 0 Å². The van der Waals surface area contributed by atoms with Gasteiger partial charge in [0.15, 0.2) is 0 Å². The number of nitrogens with two attached hydrogens (primary N) is 1. The third-order valence-electron chi connectivity index (χ3n) is 4.18. The maximum absolute atomic E-state index is 12.6. The molecule has 1 atom stereocenters. The van der Waals surface area contributed by atoms with E-state index in [4.69, 9.17) is 10.5 Å². The highest BCUT2D eigenvalue weighted by Crippen LogP contribution is 2.31. The molecule has 0 saturated carbocycles. The van der Waals surface area contributed by atoms with E-state index in [2.05, 4.69) is 0 Å². The molecule has 5 heteroatoms. The van der Waals surface area contributed by atoms with Crippen LogP contribution in [0.1, 0.15) is 39.5 Å². The first-order chi connectivity index (χ1) is 8.56. The van der Waals surface area contributed by atoms with Gasteiger partial charge in [-0.25, -0.2) is 4.79 Å². The number of likely N-dealkylation sites (tertiary alicyclic amines) is 1. The van der Waals surface area contributed by atoms with E-state index in [9.17, 15) is 9.59 Å². The smallest absolute Gasteiger partial charge is 0.328 e. The Kier molecular flexibility index (Phi) is 5.14. The normalized spacial score (nSPS) is 20.0. The molecule has 0 radical (unpaired) electrons. The van der Waals surface area contributed by atoms with E-state index in [1.165, 1.54) is 7.11 Å². The molecule has 1 aliphatic rings. The highest BCUT2D eigenvalue weighted by Gasteiger charge is 2.43. The van der Waals surface area contributed by atoms with E-state index in [1.807, 2.05) is 13.8 Å². The van der Waals surface area contributed by atoms with E-state index in [1.54, 1.807) is 4.90 Å². The van der Waals surface area contributed by atoms with E-state index in [0.29, 0.717) is 32.4 Å². The van der Waals surface area contributed by atoms with E-state index in [-0.39, 0.29) is 11.9 Å². The van der Waals surface area contributed by atoms with E-state index >= 15 is 0 Å². The maximum Gasteiger partial charge on any atom is 0.328 e. The molecule has 1 rings (SSSR count). The third-order valence-corrected chi connectivity index (χ3v) is 4.18. The fraction of sp³-hybridized carbons (Fsp3) is 0.846. The zero-order chi connectivity index (χ0) is 13.8. The molecule has 2 N–H and O–H groups in total. The van der Waals surface area contributed by atoms with Gasteiger partial charge in [-0.2, -0.15) is 0 Å². The number of rotatable bonds is 5. The number of amides is 1. The van der Waals surface area contributed by atoms with Crippen molar-refractivity contribution in [3.05, 3.63) is 0 Å². The minimum atomic E-state index is -0.531. The summed E-state index contributed by atoms with van der Waals surface area (Å²) in [5, 5.41) is 0. The lowest BCUT2D eigenvalue weighted by Crippen LogP contribution is -2.51. The summed E-state index contributed by atoms with van der Waals surface area (Å²) in [6.07, 6.45) is 2.93. The molecule has 1 heterocycles. The number of methoxy groups -OCH3 is 1. The standard InChI is InChI=1S/C13H24N2O3/c1-4-13(5-2,9-14)12(17)15-8-6-7-10(15)11(16)18-3/h10H,4-9,14H2,1-3H3. The van der Waals surface area contributed by atoms with Crippen LogP contribution in [0.15, 0.2) is 0 Å². The average molecular weight is 256 g/mol. The van der Waals surface area contributed by atoms with Gasteiger partial charge in [-0.05, 0) is 25.7 Å². The van der Waals surface area contributed by atoms with Gasteiger partial charge in [-0.15, -0.1) is 0 Å². The summed E-state index contributed by atoms with van der Waals surface area (Å²) in [6.45, 7) is 4.89. The summed E-state index contributed by atoms with van der Waals surface area (Å²) in [7, 11) is 1.36. The number of carbonyl (C=O) groups is 2. The average Bonchev–Trinajstić information content (AvgIpc) is 2.89. The summed E-state index contributed by atoms with van der Waals surface area (Å²) in [5.41, 5.74) is 5.26. The molecule has 1 aliphatic heterocycles. The number of hydrogen-bond acceptors (Lipinski definition) is 4. The van der Waals surface area contributed by atoms with Crippen LogP contribution in [0.25, 0.3) is 0 Å². The number of carbonyl (C=O) groups excluding carboxylic acids is 2. The number of nitrogens with zero attached hydrogens (tertiary/aromatic N) is 1. The first-order valence-electron chi connectivity index (χ1n) is 6.65. The minimum absolute atomic E-state index is 0.00269. The zero-order valence-corrected chi connectivity index (χ0v) is 11.6. The molecule has 0 aromatic carbocycles. The van der Waals surface area contributed by atoms with E-state index < -0.39 is 11.5 Å². The van der Waals surface area contributed by atoms with Crippen LogP contribution < -0.4 is 5.73 Å². The molecule has 0 aromatic rings. The first-order valence-corrected chi connectivity index (χ1v) is 6.65. The lowest BCUT2D eigenvalue weighted by Gasteiger charge is -2.35. The second-order valence-corrected chi connectivity index (χ2v) is 4.87. The summed E-state index contributed by atoms with van der Waals surface area (Å²) in [5.74, 6) is -0.318. The highest BCUT2D eigenvalue weighted by molar-refractivity contribution is 5.88. The lowest BCUT2D eigenvalue weighted by molar-refractivity contribution is -0.155. The molecule has 1 amide bonds. The van der Waals surface area contributed by atoms with Gasteiger partial charge in [0.2, 0.25) is 5.91 Å². The Labute approximate surface area is 109 Å². The van der Waals surface area contributed by atoms with Crippen molar-refractivity contribution >= 4 is 11.9 Å². The molecule has 0 aliphatic carbocycles. The SMILES string of the molecule is CCC(CC)(CN)C(=O)N1CCCC1C(=O)OC. The second-order valence-electron chi connectivity index (χ2n) is 4.87.